The molecule has 1 aromatic rings. The summed E-state index contributed by atoms with van der Waals surface area (Å²) < 4.78 is 5.60. The monoisotopic (exact) mass is 269 g/mol. The Hall–Kier alpha value is -0.570. The van der Waals surface area contributed by atoms with Crippen molar-refractivity contribution >= 4 is 11.6 Å². The third-order valence-electron chi connectivity index (χ3n) is 3.33. The predicted molar refractivity (Wildman–Crippen MR) is 78.3 cm³/mol. The average Bonchev–Trinajstić information content (AvgIpc) is 2.34. The zero-order valence-electron chi connectivity index (χ0n) is 11.8. The van der Waals surface area contributed by atoms with Crippen molar-refractivity contribution in [3.8, 4) is 0 Å². The van der Waals surface area contributed by atoms with Gasteiger partial charge in [-0.15, -0.1) is 0 Å². The van der Waals surface area contributed by atoms with Crippen LogP contribution in [-0.2, 0) is 11.2 Å². The van der Waals surface area contributed by atoms with Gasteiger partial charge in [-0.05, 0) is 50.9 Å². The maximum atomic E-state index is 6.03. The molecule has 0 aliphatic heterocycles. The lowest BCUT2D eigenvalue weighted by Crippen LogP contribution is -2.49. The fraction of sp³-hybridized carbons (Fsp3) is 0.600. The Morgan fingerprint density at radius 1 is 1.39 bits per heavy atom. The maximum Gasteiger partial charge on any atom is 0.0778 e. The van der Waals surface area contributed by atoms with E-state index in [4.69, 9.17) is 16.3 Å². The van der Waals surface area contributed by atoms with E-state index in [-0.39, 0.29) is 11.6 Å². The quantitative estimate of drug-likeness (QED) is 0.815. The molecule has 18 heavy (non-hydrogen) atoms. The Morgan fingerprint density at radius 3 is 2.67 bits per heavy atom. The summed E-state index contributed by atoms with van der Waals surface area (Å²) in [6.07, 6.45) is 2.03. The van der Waals surface area contributed by atoms with Crippen molar-refractivity contribution in [3.63, 3.8) is 0 Å². The number of hydrogen-bond donors (Lipinski definition) is 1. The fourth-order valence-electron chi connectivity index (χ4n) is 1.92. The van der Waals surface area contributed by atoms with Crippen LogP contribution in [-0.4, -0.2) is 25.3 Å². The minimum Gasteiger partial charge on any atom is -0.377 e. The van der Waals surface area contributed by atoms with Crippen LogP contribution in [0.2, 0.25) is 5.02 Å². The molecule has 3 heteroatoms. The summed E-state index contributed by atoms with van der Waals surface area (Å²) in [5.41, 5.74) is 1.04. The van der Waals surface area contributed by atoms with Gasteiger partial charge in [0.25, 0.3) is 0 Å². The second-order valence-corrected chi connectivity index (χ2v) is 5.58. The van der Waals surface area contributed by atoms with Crippen LogP contribution in [0.25, 0.3) is 0 Å². The molecule has 0 amide bonds. The van der Waals surface area contributed by atoms with Gasteiger partial charge in [0.2, 0.25) is 0 Å². The second-order valence-electron chi connectivity index (χ2n) is 5.15. The summed E-state index contributed by atoms with van der Waals surface area (Å²) in [6.45, 7) is 7.40. The standard InChI is InChI=1S/C15H24ClNO/c1-5-9-17-14(15(2,3)18-4)11-12-7-6-8-13(16)10-12/h6-8,10,14,17H,5,9,11H2,1-4H3. The molecule has 0 saturated carbocycles. The molecule has 0 fully saturated rings. The van der Waals surface area contributed by atoms with Crippen molar-refractivity contribution in [1.82, 2.24) is 5.32 Å². The number of hydrogen-bond acceptors (Lipinski definition) is 2. The Morgan fingerprint density at radius 2 is 2.11 bits per heavy atom. The van der Waals surface area contributed by atoms with Gasteiger partial charge in [-0.3, -0.25) is 0 Å². The van der Waals surface area contributed by atoms with E-state index in [2.05, 4.69) is 32.2 Å². The molecule has 1 unspecified atom stereocenters. The molecule has 0 heterocycles. The molecular formula is C15H24ClNO. The van der Waals surface area contributed by atoms with Gasteiger partial charge in [-0.2, -0.15) is 0 Å². The van der Waals surface area contributed by atoms with E-state index < -0.39 is 0 Å². The molecule has 1 rings (SSSR count). The highest BCUT2D eigenvalue weighted by Gasteiger charge is 2.28. The Labute approximate surface area is 116 Å². The van der Waals surface area contributed by atoms with Gasteiger partial charge in [0, 0.05) is 18.2 Å². The molecule has 1 aromatic carbocycles. The lowest BCUT2D eigenvalue weighted by Gasteiger charge is -2.34. The number of rotatable bonds is 7. The zero-order chi connectivity index (χ0) is 13.6. The van der Waals surface area contributed by atoms with Gasteiger partial charge in [0.05, 0.1) is 5.60 Å². The van der Waals surface area contributed by atoms with Crippen LogP contribution in [0.1, 0.15) is 32.8 Å². The summed E-state index contributed by atoms with van der Waals surface area (Å²) in [7, 11) is 1.76. The number of nitrogens with one attached hydrogen (secondary N) is 1. The van der Waals surface area contributed by atoms with Crippen LogP contribution in [0.4, 0.5) is 0 Å². The first kappa shape index (κ1) is 15.5. The molecule has 0 spiro atoms. The maximum absolute atomic E-state index is 6.03. The smallest absolute Gasteiger partial charge is 0.0778 e. The lowest BCUT2D eigenvalue weighted by atomic mass is 9.92. The zero-order valence-corrected chi connectivity index (χ0v) is 12.6. The van der Waals surface area contributed by atoms with Crippen LogP contribution < -0.4 is 5.32 Å². The van der Waals surface area contributed by atoms with Crippen molar-refractivity contribution < 1.29 is 4.74 Å². The molecular weight excluding hydrogens is 246 g/mol. The van der Waals surface area contributed by atoms with Crippen molar-refractivity contribution in [3.05, 3.63) is 34.9 Å². The van der Waals surface area contributed by atoms with Gasteiger partial charge in [-0.25, -0.2) is 0 Å². The van der Waals surface area contributed by atoms with E-state index >= 15 is 0 Å². The van der Waals surface area contributed by atoms with E-state index in [1.54, 1.807) is 7.11 Å². The third-order valence-corrected chi connectivity index (χ3v) is 3.57. The van der Waals surface area contributed by atoms with Crippen LogP contribution in [0.3, 0.4) is 0 Å². The normalized spacial score (nSPS) is 13.6. The van der Waals surface area contributed by atoms with Crippen molar-refractivity contribution in [2.75, 3.05) is 13.7 Å². The molecule has 0 radical (unpaired) electrons. The van der Waals surface area contributed by atoms with Crippen LogP contribution in [0.15, 0.2) is 24.3 Å². The van der Waals surface area contributed by atoms with Gasteiger partial charge in [-0.1, -0.05) is 30.7 Å². The average molecular weight is 270 g/mol. The lowest BCUT2D eigenvalue weighted by molar-refractivity contribution is -0.00997. The first-order valence-electron chi connectivity index (χ1n) is 6.52. The minimum absolute atomic E-state index is 0.197. The van der Waals surface area contributed by atoms with Gasteiger partial charge >= 0.3 is 0 Å². The fourth-order valence-corrected chi connectivity index (χ4v) is 2.14. The van der Waals surface area contributed by atoms with Gasteiger partial charge in [0.1, 0.15) is 0 Å². The highest BCUT2D eigenvalue weighted by atomic mass is 35.5. The minimum atomic E-state index is -0.197. The molecule has 0 saturated heterocycles. The molecule has 0 bridgehead atoms. The first-order valence-corrected chi connectivity index (χ1v) is 6.90. The van der Waals surface area contributed by atoms with Gasteiger partial charge in [0.15, 0.2) is 0 Å². The van der Waals surface area contributed by atoms with E-state index in [0.29, 0.717) is 0 Å². The molecule has 102 valence electrons. The van der Waals surface area contributed by atoms with Gasteiger partial charge < -0.3 is 10.1 Å². The summed E-state index contributed by atoms with van der Waals surface area (Å²) >= 11 is 6.03. The molecule has 0 aliphatic carbocycles. The summed E-state index contributed by atoms with van der Waals surface area (Å²) in [6, 6.07) is 8.31. The Bertz CT molecular complexity index is 365. The second kappa shape index (κ2) is 7.13. The van der Waals surface area contributed by atoms with Crippen molar-refractivity contribution in [1.29, 1.82) is 0 Å². The van der Waals surface area contributed by atoms with E-state index in [1.165, 1.54) is 5.56 Å². The summed E-state index contributed by atoms with van der Waals surface area (Å²) in [4.78, 5) is 0. The van der Waals surface area contributed by atoms with Crippen LogP contribution in [0.5, 0.6) is 0 Å². The van der Waals surface area contributed by atoms with Crippen LogP contribution in [0, 0.1) is 0 Å². The molecule has 1 atom stereocenters. The third kappa shape index (κ3) is 4.60. The number of methoxy groups -OCH3 is 1. The number of halogens is 1. The molecule has 2 nitrogen and oxygen atoms in total. The highest BCUT2D eigenvalue weighted by molar-refractivity contribution is 6.30. The first-order chi connectivity index (χ1) is 8.49. The molecule has 1 N–H and O–H groups in total. The van der Waals surface area contributed by atoms with Crippen molar-refractivity contribution in [2.45, 2.75) is 45.3 Å². The number of ether oxygens (including phenoxy) is 1. The molecule has 0 aliphatic rings. The predicted octanol–water partition coefficient (Wildman–Crippen LogP) is 3.68. The van der Waals surface area contributed by atoms with E-state index in [9.17, 15) is 0 Å². The SMILES string of the molecule is CCCNC(Cc1cccc(Cl)c1)C(C)(C)OC. The number of benzene rings is 1. The van der Waals surface area contributed by atoms with Crippen molar-refractivity contribution in [2.24, 2.45) is 0 Å². The Kier molecular flexibility index (Phi) is 6.13. The highest BCUT2D eigenvalue weighted by Crippen LogP contribution is 2.20. The topological polar surface area (TPSA) is 21.3 Å². The largest absolute Gasteiger partial charge is 0.377 e. The summed E-state index contributed by atoms with van der Waals surface area (Å²) in [5.74, 6) is 0. The van der Waals surface area contributed by atoms with E-state index in [0.717, 1.165) is 24.4 Å². The molecule has 0 aromatic heterocycles. The van der Waals surface area contributed by atoms with E-state index in [1.807, 2.05) is 18.2 Å². The Balaban J connectivity index is 2.78. The summed E-state index contributed by atoms with van der Waals surface area (Å²) in [5, 5.41) is 4.35. The van der Waals surface area contributed by atoms with Crippen LogP contribution >= 0.6 is 11.6 Å².